The third kappa shape index (κ3) is 3.02. The zero-order valence-corrected chi connectivity index (χ0v) is 13.3. The molecule has 4 nitrogen and oxygen atoms in total. The quantitative estimate of drug-likeness (QED) is 0.751. The van der Waals surface area contributed by atoms with Crippen molar-refractivity contribution < 1.29 is 8.42 Å². The minimum atomic E-state index is -3.59. The lowest BCUT2D eigenvalue weighted by Gasteiger charge is -2.07. The Morgan fingerprint density at radius 3 is 2.59 bits per heavy atom. The molecule has 0 radical (unpaired) electrons. The van der Waals surface area contributed by atoms with Crippen molar-refractivity contribution in [1.29, 1.82) is 0 Å². The first-order valence-electron chi connectivity index (χ1n) is 6.87. The summed E-state index contributed by atoms with van der Waals surface area (Å²) in [5.41, 5.74) is 2.13. The van der Waals surface area contributed by atoms with E-state index in [1.165, 1.54) is 6.07 Å². The van der Waals surface area contributed by atoms with Crippen LogP contribution in [0.5, 0.6) is 0 Å². The number of H-pyrrole nitrogens is 1. The molecule has 2 aromatic carbocycles. The van der Waals surface area contributed by atoms with Crippen LogP contribution in [0.15, 0.2) is 59.6 Å². The first-order valence-corrected chi connectivity index (χ1v) is 8.73. The molecule has 0 saturated heterocycles. The van der Waals surface area contributed by atoms with Crippen LogP contribution in [-0.2, 0) is 16.4 Å². The van der Waals surface area contributed by atoms with Gasteiger partial charge in [-0.05, 0) is 30.2 Å². The van der Waals surface area contributed by atoms with Gasteiger partial charge in [0.05, 0.1) is 5.02 Å². The van der Waals surface area contributed by atoms with Gasteiger partial charge in [-0.1, -0.05) is 41.9 Å². The summed E-state index contributed by atoms with van der Waals surface area (Å²) in [6.45, 7) is 0.315. The summed E-state index contributed by atoms with van der Waals surface area (Å²) < 4.78 is 27.1. The molecular weight excluding hydrogens is 320 g/mol. The number of nitrogens with one attached hydrogen (secondary N) is 2. The van der Waals surface area contributed by atoms with Gasteiger partial charge in [-0.15, -0.1) is 0 Å². The molecule has 0 aliphatic heterocycles. The Bertz CT molecular complexity index is 903. The highest BCUT2D eigenvalue weighted by atomic mass is 35.5. The number of aromatic amines is 1. The Labute approximate surface area is 134 Å². The Hall–Kier alpha value is -1.82. The molecule has 22 heavy (non-hydrogen) atoms. The van der Waals surface area contributed by atoms with E-state index in [0.717, 1.165) is 16.5 Å². The molecule has 3 aromatic rings. The molecule has 114 valence electrons. The summed E-state index contributed by atoms with van der Waals surface area (Å²) >= 11 is 5.94. The topological polar surface area (TPSA) is 62.0 Å². The fourth-order valence-electron chi connectivity index (χ4n) is 2.40. The number of halogens is 1. The standard InChI is InChI=1S/C16H15ClN2O2S/c17-14-6-2-4-8-16(14)22(20,21)19-10-9-12-11-18-15-7-3-1-5-13(12)15/h1-8,11,18-19H,9-10H2. The van der Waals surface area contributed by atoms with Crippen LogP contribution in [0.2, 0.25) is 5.02 Å². The molecule has 0 spiro atoms. The van der Waals surface area contributed by atoms with Crippen LogP contribution >= 0.6 is 11.6 Å². The van der Waals surface area contributed by atoms with Gasteiger partial charge in [0.2, 0.25) is 10.0 Å². The molecule has 3 rings (SSSR count). The minimum absolute atomic E-state index is 0.107. The molecule has 0 aliphatic carbocycles. The predicted molar refractivity (Wildman–Crippen MR) is 88.6 cm³/mol. The van der Waals surface area contributed by atoms with E-state index in [1.807, 2.05) is 30.5 Å². The van der Waals surface area contributed by atoms with Gasteiger partial charge in [0, 0.05) is 23.6 Å². The lowest BCUT2D eigenvalue weighted by atomic mass is 10.1. The second-order valence-electron chi connectivity index (χ2n) is 4.94. The van der Waals surface area contributed by atoms with E-state index in [-0.39, 0.29) is 9.92 Å². The molecule has 0 amide bonds. The summed E-state index contributed by atoms with van der Waals surface area (Å²) in [7, 11) is -3.59. The third-order valence-electron chi connectivity index (χ3n) is 3.49. The van der Waals surface area contributed by atoms with Gasteiger partial charge < -0.3 is 4.98 Å². The fourth-order valence-corrected chi connectivity index (χ4v) is 3.95. The van der Waals surface area contributed by atoms with Gasteiger partial charge in [-0.25, -0.2) is 13.1 Å². The summed E-state index contributed by atoms with van der Waals surface area (Å²) in [6, 6.07) is 14.4. The number of aromatic nitrogens is 1. The van der Waals surface area contributed by atoms with Gasteiger partial charge in [0.15, 0.2) is 0 Å². The first kappa shape index (κ1) is 15.1. The average Bonchev–Trinajstić information content (AvgIpc) is 2.91. The monoisotopic (exact) mass is 334 g/mol. The van der Waals surface area contributed by atoms with Crippen LogP contribution < -0.4 is 4.72 Å². The maximum atomic E-state index is 12.2. The van der Waals surface area contributed by atoms with E-state index in [0.29, 0.717) is 13.0 Å². The molecule has 0 aliphatic rings. The smallest absolute Gasteiger partial charge is 0.242 e. The SMILES string of the molecule is O=S(=O)(NCCc1c[nH]c2ccccc12)c1ccccc1Cl. The maximum absolute atomic E-state index is 12.2. The number of hydrogen-bond acceptors (Lipinski definition) is 2. The van der Waals surface area contributed by atoms with Crippen molar-refractivity contribution in [2.45, 2.75) is 11.3 Å². The van der Waals surface area contributed by atoms with Gasteiger partial charge >= 0.3 is 0 Å². The molecule has 1 aromatic heterocycles. The Morgan fingerprint density at radius 1 is 1.05 bits per heavy atom. The van der Waals surface area contributed by atoms with E-state index in [2.05, 4.69) is 9.71 Å². The Balaban J connectivity index is 1.72. The van der Waals surface area contributed by atoms with Crippen molar-refractivity contribution >= 4 is 32.5 Å². The van der Waals surface area contributed by atoms with E-state index >= 15 is 0 Å². The number of para-hydroxylation sites is 1. The van der Waals surface area contributed by atoms with Crippen LogP contribution in [0, 0.1) is 0 Å². The van der Waals surface area contributed by atoms with Crippen molar-refractivity contribution in [3.05, 3.63) is 65.3 Å². The first-order chi connectivity index (χ1) is 10.6. The molecule has 0 saturated carbocycles. The highest BCUT2D eigenvalue weighted by Crippen LogP contribution is 2.21. The molecular formula is C16H15ClN2O2S. The molecule has 0 unspecified atom stereocenters. The zero-order valence-electron chi connectivity index (χ0n) is 11.7. The fraction of sp³-hybridized carbons (Fsp3) is 0.125. The molecule has 0 fully saturated rings. The summed E-state index contributed by atoms with van der Waals surface area (Å²) in [6.07, 6.45) is 2.52. The van der Waals surface area contributed by atoms with Crippen LogP contribution in [0.1, 0.15) is 5.56 Å². The molecule has 2 N–H and O–H groups in total. The number of benzene rings is 2. The Morgan fingerprint density at radius 2 is 1.77 bits per heavy atom. The van der Waals surface area contributed by atoms with E-state index < -0.39 is 10.0 Å². The summed E-state index contributed by atoms with van der Waals surface area (Å²) in [5.74, 6) is 0. The largest absolute Gasteiger partial charge is 0.361 e. The van der Waals surface area contributed by atoms with Crippen molar-refractivity contribution in [2.24, 2.45) is 0 Å². The van der Waals surface area contributed by atoms with E-state index in [1.54, 1.807) is 18.2 Å². The van der Waals surface area contributed by atoms with Crippen molar-refractivity contribution in [3.63, 3.8) is 0 Å². The average molecular weight is 335 g/mol. The lowest BCUT2D eigenvalue weighted by molar-refractivity contribution is 0.582. The summed E-state index contributed by atoms with van der Waals surface area (Å²) in [4.78, 5) is 3.29. The zero-order chi connectivity index (χ0) is 15.6. The van der Waals surface area contributed by atoms with Gasteiger partial charge in [-0.2, -0.15) is 0 Å². The van der Waals surface area contributed by atoms with Crippen molar-refractivity contribution in [3.8, 4) is 0 Å². The molecule has 1 heterocycles. The van der Waals surface area contributed by atoms with Crippen molar-refractivity contribution in [1.82, 2.24) is 9.71 Å². The van der Waals surface area contributed by atoms with Gasteiger partial charge in [0.25, 0.3) is 0 Å². The van der Waals surface area contributed by atoms with Crippen molar-refractivity contribution in [2.75, 3.05) is 6.54 Å². The number of fused-ring (bicyclic) bond motifs is 1. The normalized spacial score (nSPS) is 11.9. The minimum Gasteiger partial charge on any atom is -0.361 e. The number of sulfonamides is 1. The lowest BCUT2D eigenvalue weighted by Crippen LogP contribution is -2.26. The van der Waals surface area contributed by atoms with Crippen LogP contribution in [0.25, 0.3) is 10.9 Å². The molecule has 0 atom stereocenters. The Kier molecular flexibility index (Phi) is 4.20. The van der Waals surface area contributed by atoms with E-state index in [4.69, 9.17) is 11.6 Å². The van der Waals surface area contributed by atoms with Crippen LogP contribution in [-0.4, -0.2) is 19.9 Å². The number of hydrogen-bond donors (Lipinski definition) is 2. The van der Waals surface area contributed by atoms with Gasteiger partial charge in [-0.3, -0.25) is 0 Å². The highest BCUT2D eigenvalue weighted by molar-refractivity contribution is 7.89. The van der Waals surface area contributed by atoms with E-state index in [9.17, 15) is 8.42 Å². The highest BCUT2D eigenvalue weighted by Gasteiger charge is 2.16. The third-order valence-corrected chi connectivity index (χ3v) is 5.45. The second-order valence-corrected chi connectivity index (χ2v) is 7.08. The molecule has 6 heteroatoms. The second kappa shape index (κ2) is 6.12. The van der Waals surface area contributed by atoms with Crippen LogP contribution in [0.3, 0.4) is 0 Å². The van der Waals surface area contributed by atoms with Gasteiger partial charge in [0.1, 0.15) is 4.90 Å². The number of rotatable bonds is 5. The van der Waals surface area contributed by atoms with Crippen LogP contribution in [0.4, 0.5) is 0 Å². The molecule has 0 bridgehead atoms. The maximum Gasteiger partial charge on any atom is 0.242 e. The summed E-state index contributed by atoms with van der Waals surface area (Å²) in [5, 5.41) is 1.33. The predicted octanol–water partition coefficient (Wildman–Crippen LogP) is 3.34.